The van der Waals surface area contributed by atoms with Crippen molar-refractivity contribution < 1.29 is 42.2 Å². The number of thioether (sulfide) groups is 1. The molecule has 0 aromatic heterocycles. The van der Waals surface area contributed by atoms with Gasteiger partial charge < -0.3 is 19.5 Å². The molecule has 0 unspecified atom stereocenters. The molecule has 1 heterocycles. The van der Waals surface area contributed by atoms with Crippen LogP contribution >= 0.6 is 27.7 Å². The molecule has 1 aliphatic heterocycles. The monoisotopic (exact) mass is 584 g/mol. The van der Waals surface area contributed by atoms with E-state index < -0.39 is 41.2 Å². The Morgan fingerprint density at radius 3 is 2.61 bits per heavy atom. The summed E-state index contributed by atoms with van der Waals surface area (Å²) in [5.74, 6) is -3.44. The lowest BCUT2D eigenvalue weighted by atomic mass is 10.2. The number of carbonyl (C=O) groups is 4. The summed E-state index contributed by atoms with van der Waals surface area (Å²) in [5.41, 5.74) is 0.177. The molecule has 3 amide bonds. The third kappa shape index (κ3) is 6.61. The Labute approximate surface area is 216 Å². The van der Waals surface area contributed by atoms with E-state index >= 15 is 0 Å². The number of halogens is 3. The minimum atomic E-state index is -0.994. The van der Waals surface area contributed by atoms with E-state index in [1.807, 2.05) is 0 Å². The maximum Gasteiger partial charge on any atom is 0.344 e. The molecule has 0 spiro atoms. The van der Waals surface area contributed by atoms with E-state index in [1.54, 1.807) is 13.0 Å². The first-order valence-electron chi connectivity index (χ1n) is 10.3. The van der Waals surface area contributed by atoms with Crippen molar-refractivity contribution >= 4 is 62.5 Å². The van der Waals surface area contributed by atoms with Gasteiger partial charge in [-0.3, -0.25) is 19.3 Å². The Morgan fingerprint density at radius 2 is 1.94 bits per heavy atom. The van der Waals surface area contributed by atoms with Gasteiger partial charge in [-0.2, -0.15) is 0 Å². The zero-order valence-electron chi connectivity index (χ0n) is 18.9. The fourth-order valence-corrected chi connectivity index (χ4v) is 4.42. The van der Waals surface area contributed by atoms with Gasteiger partial charge in [-0.1, -0.05) is 0 Å². The summed E-state index contributed by atoms with van der Waals surface area (Å²) in [7, 11) is 1.39. The summed E-state index contributed by atoms with van der Waals surface area (Å²) in [6, 6.07) is 5.70. The third-order valence-corrected chi connectivity index (χ3v) is 6.07. The normalized spacial score (nSPS) is 14.2. The SMILES string of the molecule is CCOC(=O)COc1c(Br)cc(/C=C2\SC(=O)N(CC(=O)Nc3ccc(F)cc3F)C2=O)cc1OC. The number of rotatable bonds is 9. The number of amides is 3. The minimum Gasteiger partial charge on any atom is -0.493 e. The van der Waals surface area contributed by atoms with Crippen LogP contribution in [-0.4, -0.2) is 54.8 Å². The van der Waals surface area contributed by atoms with E-state index in [2.05, 4.69) is 21.2 Å². The Kier molecular flexibility index (Phi) is 9.04. The average Bonchev–Trinajstić information content (AvgIpc) is 3.07. The van der Waals surface area contributed by atoms with Gasteiger partial charge in [0.25, 0.3) is 11.1 Å². The molecule has 190 valence electrons. The van der Waals surface area contributed by atoms with Crippen molar-refractivity contribution in [2.24, 2.45) is 0 Å². The molecule has 1 N–H and O–H groups in total. The number of hydrogen-bond donors (Lipinski definition) is 1. The van der Waals surface area contributed by atoms with Crippen LogP contribution in [0, 0.1) is 11.6 Å². The topological polar surface area (TPSA) is 111 Å². The first-order valence-corrected chi connectivity index (χ1v) is 11.9. The average molecular weight is 585 g/mol. The van der Waals surface area contributed by atoms with Crippen LogP contribution in [0.5, 0.6) is 11.5 Å². The molecule has 9 nitrogen and oxygen atoms in total. The van der Waals surface area contributed by atoms with Gasteiger partial charge in [0.2, 0.25) is 5.91 Å². The molecule has 0 bridgehead atoms. The summed E-state index contributed by atoms with van der Waals surface area (Å²) in [6.07, 6.45) is 1.42. The smallest absolute Gasteiger partial charge is 0.344 e. The standard InChI is InChI=1S/C23H19BrF2N2O7S/c1-3-34-20(30)11-35-21-14(24)6-12(7-17(21)33-2)8-18-22(31)28(23(32)36-18)10-19(29)27-16-5-4-13(25)9-15(16)26/h4-9H,3,10-11H2,1-2H3,(H,27,29)/b18-8-. The summed E-state index contributed by atoms with van der Waals surface area (Å²) >= 11 is 3.95. The van der Waals surface area contributed by atoms with Crippen molar-refractivity contribution in [3.8, 4) is 11.5 Å². The molecular formula is C23H19BrF2N2O7S. The molecule has 2 aromatic rings. The highest BCUT2D eigenvalue weighted by atomic mass is 79.9. The number of esters is 1. The van der Waals surface area contributed by atoms with E-state index in [0.29, 0.717) is 32.8 Å². The number of hydrogen-bond acceptors (Lipinski definition) is 8. The highest BCUT2D eigenvalue weighted by molar-refractivity contribution is 9.10. The van der Waals surface area contributed by atoms with Gasteiger partial charge in [-0.25, -0.2) is 13.6 Å². The van der Waals surface area contributed by atoms with Crippen molar-refractivity contribution in [1.29, 1.82) is 0 Å². The predicted molar refractivity (Wildman–Crippen MR) is 130 cm³/mol. The highest BCUT2D eigenvalue weighted by Crippen LogP contribution is 2.39. The second-order valence-corrected chi connectivity index (χ2v) is 8.92. The van der Waals surface area contributed by atoms with Gasteiger partial charge >= 0.3 is 5.97 Å². The number of nitrogens with one attached hydrogen (secondary N) is 1. The lowest BCUT2D eigenvalue weighted by Gasteiger charge is -2.13. The first kappa shape index (κ1) is 27.1. The number of ether oxygens (including phenoxy) is 3. The van der Waals surface area contributed by atoms with E-state index in [4.69, 9.17) is 14.2 Å². The van der Waals surface area contributed by atoms with Gasteiger partial charge in [0.1, 0.15) is 18.2 Å². The summed E-state index contributed by atoms with van der Waals surface area (Å²) in [5, 5.41) is 1.51. The van der Waals surface area contributed by atoms with Crippen molar-refractivity contribution in [2.45, 2.75) is 6.92 Å². The second-order valence-electron chi connectivity index (χ2n) is 7.07. The van der Waals surface area contributed by atoms with E-state index in [-0.39, 0.29) is 35.3 Å². The van der Waals surface area contributed by atoms with Crippen LogP contribution in [0.1, 0.15) is 12.5 Å². The Bertz CT molecular complexity index is 1260. The van der Waals surface area contributed by atoms with Gasteiger partial charge in [0.15, 0.2) is 18.1 Å². The van der Waals surface area contributed by atoms with Gasteiger partial charge in [-0.05, 0) is 70.5 Å². The quantitative estimate of drug-likeness (QED) is 0.342. The lowest BCUT2D eigenvalue weighted by molar-refractivity contribution is -0.145. The maximum absolute atomic E-state index is 13.8. The molecule has 1 fully saturated rings. The Balaban J connectivity index is 1.73. The number of carbonyl (C=O) groups excluding carboxylic acids is 4. The molecule has 0 aliphatic carbocycles. The predicted octanol–water partition coefficient (Wildman–Crippen LogP) is 4.35. The van der Waals surface area contributed by atoms with Crippen molar-refractivity contribution in [1.82, 2.24) is 4.90 Å². The molecule has 1 saturated heterocycles. The maximum atomic E-state index is 13.8. The zero-order chi connectivity index (χ0) is 26.4. The summed E-state index contributed by atoms with van der Waals surface area (Å²) < 4.78 is 42.8. The number of benzene rings is 2. The van der Waals surface area contributed by atoms with Crippen molar-refractivity contribution in [3.63, 3.8) is 0 Å². The van der Waals surface area contributed by atoms with Crippen LogP contribution in [0.15, 0.2) is 39.7 Å². The molecule has 36 heavy (non-hydrogen) atoms. The van der Waals surface area contributed by atoms with Crippen LogP contribution in [0.4, 0.5) is 19.3 Å². The fraction of sp³-hybridized carbons (Fsp3) is 0.217. The molecule has 13 heteroatoms. The van der Waals surface area contributed by atoms with Crippen molar-refractivity contribution in [3.05, 3.63) is 56.9 Å². The first-order chi connectivity index (χ1) is 17.1. The third-order valence-electron chi connectivity index (χ3n) is 4.57. The molecule has 3 rings (SSSR count). The van der Waals surface area contributed by atoms with E-state index in [1.165, 1.54) is 19.3 Å². The second kappa shape index (κ2) is 12.0. The van der Waals surface area contributed by atoms with Gasteiger partial charge in [0, 0.05) is 6.07 Å². The molecular weight excluding hydrogens is 566 g/mol. The lowest BCUT2D eigenvalue weighted by Crippen LogP contribution is -2.36. The number of nitrogens with zero attached hydrogens (tertiary/aromatic N) is 1. The van der Waals surface area contributed by atoms with Crippen LogP contribution in [0.3, 0.4) is 0 Å². The van der Waals surface area contributed by atoms with Crippen LogP contribution in [0.2, 0.25) is 0 Å². The van der Waals surface area contributed by atoms with Gasteiger partial charge in [0.05, 0.1) is 28.8 Å². The zero-order valence-corrected chi connectivity index (χ0v) is 21.3. The molecule has 2 aromatic carbocycles. The van der Waals surface area contributed by atoms with Crippen LogP contribution < -0.4 is 14.8 Å². The number of methoxy groups -OCH3 is 1. The fourth-order valence-electron chi connectivity index (χ4n) is 3.01. The molecule has 0 radical (unpaired) electrons. The summed E-state index contributed by atoms with van der Waals surface area (Å²) in [4.78, 5) is 49.7. The number of anilines is 1. The molecule has 0 atom stereocenters. The van der Waals surface area contributed by atoms with E-state index in [0.717, 1.165) is 12.1 Å². The number of imide groups is 1. The van der Waals surface area contributed by atoms with Crippen LogP contribution in [0.25, 0.3) is 6.08 Å². The van der Waals surface area contributed by atoms with E-state index in [9.17, 15) is 28.0 Å². The Morgan fingerprint density at radius 1 is 1.19 bits per heavy atom. The summed E-state index contributed by atoms with van der Waals surface area (Å²) in [6.45, 7) is 0.874. The molecule has 1 aliphatic rings. The van der Waals surface area contributed by atoms with Crippen molar-refractivity contribution in [2.75, 3.05) is 32.2 Å². The Hall–Kier alpha value is -3.45. The minimum absolute atomic E-state index is 0.0370. The largest absolute Gasteiger partial charge is 0.493 e. The molecule has 0 saturated carbocycles. The highest BCUT2D eigenvalue weighted by Gasteiger charge is 2.36. The van der Waals surface area contributed by atoms with Crippen LogP contribution in [-0.2, 0) is 19.1 Å². The van der Waals surface area contributed by atoms with Gasteiger partial charge in [-0.15, -0.1) is 0 Å².